The van der Waals surface area contributed by atoms with Gasteiger partial charge in [-0.25, -0.2) is 14.6 Å². The van der Waals surface area contributed by atoms with Crippen LogP contribution in [0.1, 0.15) is 51.3 Å². The minimum absolute atomic E-state index is 0.0202. The molecule has 8 nitrogen and oxygen atoms in total. The first-order chi connectivity index (χ1) is 17.5. The van der Waals surface area contributed by atoms with Crippen molar-refractivity contribution >= 4 is 41.0 Å². The Balaban J connectivity index is 1.47. The SMILES string of the molecule is CC1=NC(=O)N(CCCN2CCN(c3cccc(C(C)(C)C)c3)C2=O)C(c2cccc(Cl)c2)C1C(=O)O. The van der Waals surface area contributed by atoms with E-state index in [9.17, 15) is 19.5 Å². The van der Waals surface area contributed by atoms with Crippen molar-refractivity contribution in [2.75, 3.05) is 31.1 Å². The van der Waals surface area contributed by atoms with Crippen molar-refractivity contribution in [2.45, 2.75) is 45.6 Å². The van der Waals surface area contributed by atoms with E-state index in [0.717, 1.165) is 11.3 Å². The summed E-state index contributed by atoms with van der Waals surface area (Å²) in [5.74, 6) is -2.03. The van der Waals surface area contributed by atoms with E-state index >= 15 is 0 Å². The van der Waals surface area contributed by atoms with E-state index in [1.54, 1.807) is 41.0 Å². The highest BCUT2D eigenvalue weighted by molar-refractivity contribution is 6.30. The molecule has 37 heavy (non-hydrogen) atoms. The van der Waals surface area contributed by atoms with Crippen LogP contribution < -0.4 is 4.90 Å². The molecule has 9 heteroatoms. The molecule has 2 aromatic carbocycles. The molecule has 1 fully saturated rings. The average Bonchev–Trinajstić information content (AvgIpc) is 3.19. The third kappa shape index (κ3) is 5.64. The molecule has 4 rings (SSSR count). The van der Waals surface area contributed by atoms with Crippen LogP contribution in [0.2, 0.25) is 5.02 Å². The molecule has 0 radical (unpaired) electrons. The fourth-order valence-electron chi connectivity index (χ4n) is 5.03. The second-order valence-corrected chi connectivity index (χ2v) is 11.1. The lowest BCUT2D eigenvalue weighted by atomic mass is 9.87. The number of carbonyl (C=O) groups is 3. The number of hydrogen-bond acceptors (Lipinski definition) is 3. The van der Waals surface area contributed by atoms with E-state index in [0.29, 0.717) is 36.6 Å². The van der Waals surface area contributed by atoms with Crippen molar-refractivity contribution in [1.82, 2.24) is 9.80 Å². The van der Waals surface area contributed by atoms with Crippen LogP contribution in [0.5, 0.6) is 0 Å². The van der Waals surface area contributed by atoms with Gasteiger partial charge in [0.2, 0.25) is 0 Å². The van der Waals surface area contributed by atoms with Crippen molar-refractivity contribution in [3.8, 4) is 0 Å². The monoisotopic (exact) mass is 524 g/mol. The molecule has 2 aliphatic rings. The topological polar surface area (TPSA) is 93.5 Å². The highest BCUT2D eigenvalue weighted by Gasteiger charge is 2.42. The molecule has 2 atom stereocenters. The minimum Gasteiger partial charge on any atom is -0.481 e. The standard InChI is InChI=1S/C28H33ClN4O4/c1-18-23(25(34)35)24(19-8-5-10-21(29)16-19)33(26(36)30-18)13-7-12-31-14-15-32(27(31)37)22-11-6-9-20(17-22)28(2,3)4/h5-6,8-11,16-17,23-24H,7,12-15H2,1-4H3,(H,34,35). The molecule has 2 aliphatic heterocycles. The van der Waals surface area contributed by atoms with Crippen LogP contribution in [0.3, 0.4) is 0 Å². The van der Waals surface area contributed by atoms with E-state index in [1.165, 1.54) is 4.90 Å². The number of carboxylic acids is 1. The van der Waals surface area contributed by atoms with Crippen molar-refractivity contribution in [3.05, 3.63) is 64.7 Å². The Morgan fingerprint density at radius 1 is 1.08 bits per heavy atom. The number of nitrogens with zero attached hydrogens (tertiary/aromatic N) is 4. The molecular weight excluding hydrogens is 492 g/mol. The number of aliphatic imine (C=N–C) groups is 1. The van der Waals surface area contributed by atoms with Gasteiger partial charge in [-0.05, 0) is 54.2 Å². The number of benzene rings is 2. The van der Waals surface area contributed by atoms with Crippen molar-refractivity contribution in [1.29, 1.82) is 0 Å². The third-order valence-electron chi connectivity index (χ3n) is 7.02. The van der Waals surface area contributed by atoms with Crippen molar-refractivity contribution in [3.63, 3.8) is 0 Å². The van der Waals surface area contributed by atoms with Gasteiger partial charge in [-0.1, -0.05) is 56.6 Å². The number of carbonyl (C=O) groups excluding carboxylic acids is 2. The first-order valence-corrected chi connectivity index (χ1v) is 12.9. The Labute approximate surface area is 222 Å². The van der Waals surface area contributed by atoms with Gasteiger partial charge < -0.3 is 14.9 Å². The molecule has 1 saturated heterocycles. The molecule has 4 amide bonds. The van der Waals surface area contributed by atoms with Crippen molar-refractivity contribution in [2.24, 2.45) is 10.9 Å². The first kappa shape index (κ1) is 26.7. The van der Waals surface area contributed by atoms with Gasteiger partial charge in [-0.15, -0.1) is 0 Å². The summed E-state index contributed by atoms with van der Waals surface area (Å²) in [5, 5.41) is 10.4. The molecule has 2 heterocycles. The quantitative estimate of drug-likeness (QED) is 0.509. The summed E-state index contributed by atoms with van der Waals surface area (Å²) >= 11 is 6.19. The van der Waals surface area contributed by atoms with Gasteiger partial charge in [0.1, 0.15) is 5.92 Å². The maximum Gasteiger partial charge on any atom is 0.344 e. The summed E-state index contributed by atoms with van der Waals surface area (Å²) in [6.07, 6.45) is 0.491. The predicted molar refractivity (Wildman–Crippen MR) is 145 cm³/mol. The van der Waals surface area contributed by atoms with Crippen molar-refractivity contribution < 1.29 is 19.5 Å². The minimum atomic E-state index is -1.05. The molecule has 0 bridgehead atoms. The largest absolute Gasteiger partial charge is 0.481 e. The van der Waals surface area contributed by atoms with E-state index in [2.05, 4.69) is 37.9 Å². The Morgan fingerprint density at radius 2 is 1.81 bits per heavy atom. The van der Waals surface area contributed by atoms with E-state index in [4.69, 9.17) is 11.6 Å². The van der Waals surface area contributed by atoms with Gasteiger partial charge in [0.05, 0.1) is 6.04 Å². The molecule has 0 saturated carbocycles. The summed E-state index contributed by atoms with van der Waals surface area (Å²) < 4.78 is 0. The number of amides is 4. The van der Waals surface area contributed by atoms with Gasteiger partial charge in [0.25, 0.3) is 0 Å². The van der Waals surface area contributed by atoms with Crippen LogP contribution >= 0.6 is 11.6 Å². The first-order valence-electron chi connectivity index (χ1n) is 12.5. The number of hydrogen-bond donors (Lipinski definition) is 1. The van der Waals surface area contributed by atoms with E-state index < -0.39 is 24.0 Å². The molecule has 0 aliphatic carbocycles. The molecule has 196 valence electrons. The number of anilines is 1. The van der Waals surface area contributed by atoms with E-state index in [1.807, 2.05) is 12.1 Å². The summed E-state index contributed by atoms with van der Waals surface area (Å²) in [6.45, 7) is 9.87. The number of rotatable bonds is 7. The second kappa shape index (κ2) is 10.5. The molecule has 1 N–H and O–H groups in total. The Bertz CT molecular complexity index is 1240. The van der Waals surface area contributed by atoms with Gasteiger partial charge >= 0.3 is 18.0 Å². The molecule has 2 unspecified atom stereocenters. The Hall–Kier alpha value is -3.39. The lowest BCUT2D eigenvalue weighted by molar-refractivity contribution is -0.141. The smallest absolute Gasteiger partial charge is 0.344 e. The second-order valence-electron chi connectivity index (χ2n) is 10.6. The van der Waals surface area contributed by atoms with Crippen LogP contribution in [0.15, 0.2) is 53.5 Å². The van der Waals surface area contributed by atoms with Crippen LogP contribution in [0.4, 0.5) is 15.3 Å². The van der Waals surface area contributed by atoms with Crippen LogP contribution in [-0.2, 0) is 10.2 Å². The molecular formula is C28H33ClN4O4. The fraction of sp³-hybridized carbons (Fsp3) is 0.429. The van der Waals surface area contributed by atoms with Crippen LogP contribution in [-0.4, -0.2) is 64.8 Å². The number of urea groups is 2. The third-order valence-corrected chi connectivity index (χ3v) is 7.26. The van der Waals surface area contributed by atoms with E-state index in [-0.39, 0.29) is 23.7 Å². The number of carboxylic acid groups (broad SMARTS) is 1. The number of halogens is 1. The fourth-order valence-corrected chi connectivity index (χ4v) is 5.22. The summed E-state index contributed by atoms with van der Waals surface area (Å²) in [7, 11) is 0. The number of aliphatic carboxylic acids is 1. The molecule has 2 aromatic rings. The average molecular weight is 525 g/mol. The summed E-state index contributed by atoms with van der Waals surface area (Å²) in [4.78, 5) is 47.3. The summed E-state index contributed by atoms with van der Waals surface area (Å²) in [5.41, 5.74) is 2.93. The zero-order valence-electron chi connectivity index (χ0n) is 21.6. The maximum atomic E-state index is 13.2. The lowest BCUT2D eigenvalue weighted by Crippen LogP contribution is -2.47. The van der Waals surface area contributed by atoms with Crippen LogP contribution in [0, 0.1) is 5.92 Å². The van der Waals surface area contributed by atoms with Gasteiger partial charge in [0, 0.05) is 42.6 Å². The summed E-state index contributed by atoms with van der Waals surface area (Å²) in [6, 6.07) is 13.7. The van der Waals surface area contributed by atoms with Gasteiger partial charge in [-0.3, -0.25) is 9.69 Å². The van der Waals surface area contributed by atoms with Gasteiger partial charge in [-0.2, -0.15) is 0 Å². The zero-order chi connectivity index (χ0) is 26.9. The van der Waals surface area contributed by atoms with Gasteiger partial charge in [0.15, 0.2) is 0 Å². The Kier molecular flexibility index (Phi) is 7.59. The predicted octanol–water partition coefficient (Wildman–Crippen LogP) is 5.61. The Morgan fingerprint density at radius 3 is 2.49 bits per heavy atom. The zero-order valence-corrected chi connectivity index (χ0v) is 22.4. The normalized spacial score (nSPS) is 20.5. The van der Waals surface area contributed by atoms with Crippen LogP contribution in [0.25, 0.3) is 0 Å². The highest BCUT2D eigenvalue weighted by Crippen LogP contribution is 2.35. The highest BCUT2D eigenvalue weighted by atomic mass is 35.5. The molecule has 0 aromatic heterocycles. The molecule has 0 spiro atoms. The maximum absolute atomic E-state index is 13.2. The lowest BCUT2D eigenvalue weighted by Gasteiger charge is -2.38.